The standard InChI is InChI=1S/C18H31N3O2/c1-5-6-11-23-12-7-10-20-18(19-3)21-14-16-8-9-17(22-4)15(2)13-16/h8-9,13H,5-7,10-12,14H2,1-4H3,(H2,19,20,21). The molecule has 5 nitrogen and oxygen atoms in total. The molecule has 0 radical (unpaired) electrons. The molecule has 0 aliphatic rings. The van der Waals surface area contributed by atoms with Crippen molar-refractivity contribution in [1.82, 2.24) is 10.6 Å². The molecular formula is C18H31N3O2. The van der Waals surface area contributed by atoms with Crippen LogP contribution in [0.5, 0.6) is 5.75 Å². The molecule has 1 aromatic carbocycles. The van der Waals surface area contributed by atoms with Crippen LogP contribution in [0.2, 0.25) is 0 Å². The first-order chi connectivity index (χ1) is 11.2. The van der Waals surface area contributed by atoms with Crippen molar-refractivity contribution in [3.8, 4) is 5.75 Å². The highest BCUT2D eigenvalue weighted by Gasteiger charge is 2.02. The number of aryl methyl sites for hydroxylation is 1. The van der Waals surface area contributed by atoms with E-state index in [0.29, 0.717) is 0 Å². The van der Waals surface area contributed by atoms with Gasteiger partial charge in [0.2, 0.25) is 0 Å². The molecule has 0 atom stereocenters. The van der Waals surface area contributed by atoms with E-state index in [0.717, 1.165) is 56.4 Å². The third kappa shape index (κ3) is 7.88. The van der Waals surface area contributed by atoms with Gasteiger partial charge >= 0.3 is 0 Å². The fourth-order valence-electron chi connectivity index (χ4n) is 2.19. The number of unbranched alkanes of at least 4 members (excludes halogenated alkanes) is 1. The summed E-state index contributed by atoms with van der Waals surface area (Å²) in [4.78, 5) is 4.24. The van der Waals surface area contributed by atoms with Crippen molar-refractivity contribution in [3.05, 3.63) is 29.3 Å². The van der Waals surface area contributed by atoms with Crippen LogP contribution < -0.4 is 15.4 Å². The Kier molecular flexibility index (Phi) is 9.87. The van der Waals surface area contributed by atoms with E-state index in [1.165, 1.54) is 12.0 Å². The van der Waals surface area contributed by atoms with Crippen molar-refractivity contribution in [3.63, 3.8) is 0 Å². The molecule has 0 aromatic heterocycles. The minimum Gasteiger partial charge on any atom is -0.496 e. The van der Waals surface area contributed by atoms with Gasteiger partial charge in [-0.15, -0.1) is 0 Å². The van der Waals surface area contributed by atoms with Crippen molar-refractivity contribution in [2.24, 2.45) is 4.99 Å². The Bertz CT molecular complexity index is 475. The highest BCUT2D eigenvalue weighted by atomic mass is 16.5. The first kappa shape index (κ1) is 19.3. The zero-order valence-corrected chi connectivity index (χ0v) is 14.9. The van der Waals surface area contributed by atoms with Gasteiger partial charge in [-0.25, -0.2) is 0 Å². The smallest absolute Gasteiger partial charge is 0.191 e. The summed E-state index contributed by atoms with van der Waals surface area (Å²) in [6, 6.07) is 6.19. The Hall–Kier alpha value is -1.75. The molecule has 0 spiro atoms. The molecule has 1 aromatic rings. The highest BCUT2D eigenvalue weighted by Crippen LogP contribution is 2.18. The van der Waals surface area contributed by atoms with E-state index in [9.17, 15) is 0 Å². The lowest BCUT2D eigenvalue weighted by molar-refractivity contribution is 0.129. The van der Waals surface area contributed by atoms with Gasteiger partial charge < -0.3 is 20.1 Å². The molecule has 2 N–H and O–H groups in total. The average Bonchev–Trinajstić information content (AvgIpc) is 2.57. The summed E-state index contributed by atoms with van der Waals surface area (Å²) in [5, 5.41) is 6.62. The summed E-state index contributed by atoms with van der Waals surface area (Å²) < 4.78 is 10.8. The van der Waals surface area contributed by atoms with Gasteiger partial charge in [-0.05, 0) is 37.0 Å². The molecule has 0 fully saturated rings. The van der Waals surface area contributed by atoms with Crippen LogP contribution in [0.4, 0.5) is 0 Å². The van der Waals surface area contributed by atoms with Crippen LogP contribution in [0.1, 0.15) is 37.3 Å². The van der Waals surface area contributed by atoms with Gasteiger partial charge in [0.15, 0.2) is 5.96 Å². The van der Waals surface area contributed by atoms with Crippen LogP contribution in [0.25, 0.3) is 0 Å². The van der Waals surface area contributed by atoms with Gasteiger partial charge in [-0.2, -0.15) is 0 Å². The van der Waals surface area contributed by atoms with Crippen LogP contribution in [-0.4, -0.2) is 39.9 Å². The second kappa shape index (κ2) is 11.8. The molecule has 0 aliphatic carbocycles. The minimum absolute atomic E-state index is 0.734. The van der Waals surface area contributed by atoms with Crippen LogP contribution in [0, 0.1) is 6.92 Å². The Balaban J connectivity index is 2.25. The summed E-state index contributed by atoms with van der Waals surface area (Å²) in [6.45, 7) is 7.46. The molecule has 0 heterocycles. The Morgan fingerprint density at radius 3 is 2.61 bits per heavy atom. The monoisotopic (exact) mass is 321 g/mol. The number of methoxy groups -OCH3 is 1. The summed E-state index contributed by atoms with van der Waals surface area (Å²) in [5.74, 6) is 1.73. The SMILES string of the molecule is CCCCOCCCNC(=NC)NCc1ccc(OC)c(C)c1. The van der Waals surface area contributed by atoms with E-state index < -0.39 is 0 Å². The number of hydrogen-bond acceptors (Lipinski definition) is 3. The van der Waals surface area contributed by atoms with Gasteiger partial charge in [0.1, 0.15) is 5.75 Å². The van der Waals surface area contributed by atoms with Crippen LogP contribution in [0.3, 0.4) is 0 Å². The molecule has 0 saturated carbocycles. The van der Waals surface area contributed by atoms with Gasteiger partial charge in [0.05, 0.1) is 7.11 Å². The normalized spacial score (nSPS) is 11.4. The van der Waals surface area contributed by atoms with E-state index >= 15 is 0 Å². The topological polar surface area (TPSA) is 54.9 Å². The molecule has 0 aliphatic heterocycles. The van der Waals surface area contributed by atoms with Crippen molar-refractivity contribution in [2.75, 3.05) is 33.9 Å². The number of hydrogen-bond donors (Lipinski definition) is 2. The largest absolute Gasteiger partial charge is 0.496 e. The zero-order chi connectivity index (χ0) is 16.9. The lowest BCUT2D eigenvalue weighted by Crippen LogP contribution is -2.37. The van der Waals surface area contributed by atoms with Gasteiger partial charge in [0, 0.05) is 33.4 Å². The maximum absolute atomic E-state index is 5.54. The molecule has 0 unspecified atom stereocenters. The average molecular weight is 321 g/mol. The fourth-order valence-corrected chi connectivity index (χ4v) is 2.19. The van der Waals surface area contributed by atoms with Crippen LogP contribution in [-0.2, 0) is 11.3 Å². The second-order valence-corrected chi connectivity index (χ2v) is 5.48. The summed E-state index contributed by atoms with van der Waals surface area (Å²) in [6.07, 6.45) is 3.30. The Morgan fingerprint density at radius 1 is 1.17 bits per heavy atom. The van der Waals surface area contributed by atoms with Crippen LogP contribution in [0.15, 0.2) is 23.2 Å². The predicted octanol–water partition coefficient (Wildman–Crippen LogP) is 2.88. The molecule has 0 saturated heterocycles. The molecule has 5 heteroatoms. The molecule has 130 valence electrons. The molecule has 0 amide bonds. The summed E-state index contributed by atoms with van der Waals surface area (Å²) >= 11 is 0. The predicted molar refractivity (Wildman–Crippen MR) is 96.3 cm³/mol. The summed E-state index contributed by atoms with van der Waals surface area (Å²) in [7, 11) is 3.48. The van der Waals surface area contributed by atoms with Gasteiger partial charge in [-0.1, -0.05) is 25.5 Å². The fraction of sp³-hybridized carbons (Fsp3) is 0.611. The van der Waals surface area contributed by atoms with Gasteiger partial charge in [0.25, 0.3) is 0 Å². The number of aliphatic imine (C=N–C) groups is 1. The number of benzene rings is 1. The quantitative estimate of drug-likeness (QED) is 0.395. The molecular weight excluding hydrogens is 290 g/mol. The zero-order valence-electron chi connectivity index (χ0n) is 14.9. The van der Waals surface area contributed by atoms with E-state index in [-0.39, 0.29) is 0 Å². The summed E-state index contributed by atoms with van der Waals surface area (Å²) in [5.41, 5.74) is 2.34. The Labute approximate surface area is 140 Å². The number of rotatable bonds is 10. The van der Waals surface area contributed by atoms with Gasteiger partial charge in [-0.3, -0.25) is 4.99 Å². The van der Waals surface area contributed by atoms with E-state index in [4.69, 9.17) is 9.47 Å². The first-order valence-electron chi connectivity index (χ1n) is 8.37. The van der Waals surface area contributed by atoms with Crippen molar-refractivity contribution < 1.29 is 9.47 Å². The van der Waals surface area contributed by atoms with Crippen molar-refractivity contribution in [1.29, 1.82) is 0 Å². The number of nitrogens with one attached hydrogen (secondary N) is 2. The third-order valence-corrected chi connectivity index (χ3v) is 3.54. The van der Waals surface area contributed by atoms with Crippen molar-refractivity contribution >= 4 is 5.96 Å². The maximum atomic E-state index is 5.54. The van der Waals surface area contributed by atoms with Crippen molar-refractivity contribution in [2.45, 2.75) is 39.7 Å². The number of ether oxygens (including phenoxy) is 2. The molecule has 23 heavy (non-hydrogen) atoms. The maximum Gasteiger partial charge on any atom is 0.191 e. The highest BCUT2D eigenvalue weighted by molar-refractivity contribution is 5.79. The number of nitrogens with zero attached hydrogens (tertiary/aromatic N) is 1. The number of guanidine groups is 1. The van der Waals surface area contributed by atoms with E-state index in [1.807, 2.05) is 13.0 Å². The molecule has 0 bridgehead atoms. The second-order valence-electron chi connectivity index (χ2n) is 5.48. The Morgan fingerprint density at radius 2 is 1.96 bits per heavy atom. The lowest BCUT2D eigenvalue weighted by Gasteiger charge is -2.13. The van der Waals surface area contributed by atoms with Crippen LogP contribution >= 0.6 is 0 Å². The van der Waals surface area contributed by atoms with E-state index in [2.05, 4.69) is 34.7 Å². The molecule has 1 rings (SSSR count). The lowest BCUT2D eigenvalue weighted by atomic mass is 10.1. The van der Waals surface area contributed by atoms with E-state index in [1.54, 1.807) is 14.2 Å². The minimum atomic E-state index is 0.734. The first-order valence-corrected chi connectivity index (χ1v) is 8.37. The third-order valence-electron chi connectivity index (χ3n) is 3.54.